The smallest absolute Gasteiger partial charge is 0.270 e. The first-order valence-corrected chi connectivity index (χ1v) is 17.0. The van der Waals surface area contributed by atoms with Crippen LogP contribution in [0.2, 0.25) is 0 Å². The van der Waals surface area contributed by atoms with E-state index in [9.17, 15) is 23.2 Å². The van der Waals surface area contributed by atoms with Gasteiger partial charge in [-0.3, -0.25) is 14.4 Å². The minimum Gasteiger partial charge on any atom is -0.385 e. The molecule has 0 unspecified atom stereocenters. The fourth-order valence-electron chi connectivity index (χ4n) is 6.72. The Balaban J connectivity index is 1.05. The number of carbonyl (C=O) groups is 3. The highest BCUT2D eigenvalue weighted by molar-refractivity contribution is 5.97. The number of anilines is 1. The van der Waals surface area contributed by atoms with Gasteiger partial charge in [0.05, 0.1) is 24.6 Å². The first-order chi connectivity index (χ1) is 23.7. The van der Waals surface area contributed by atoms with Crippen LogP contribution in [0.15, 0.2) is 72.8 Å². The molecule has 1 aliphatic carbocycles. The maximum absolute atomic E-state index is 14.7. The van der Waals surface area contributed by atoms with Crippen LogP contribution in [-0.4, -0.2) is 59.5 Å². The number of fused-ring (bicyclic) bond motifs is 2. The molecule has 252 valence electrons. The molecule has 3 atom stereocenters. The molecule has 0 radical (unpaired) electrons. The Labute approximate surface area is 284 Å². The van der Waals surface area contributed by atoms with Crippen molar-refractivity contribution in [3.63, 3.8) is 0 Å². The van der Waals surface area contributed by atoms with Crippen molar-refractivity contribution >= 4 is 40.4 Å². The van der Waals surface area contributed by atoms with E-state index >= 15 is 0 Å². The highest BCUT2D eigenvalue weighted by Gasteiger charge is 2.40. The van der Waals surface area contributed by atoms with Crippen molar-refractivity contribution in [1.82, 2.24) is 20.5 Å². The average Bonchev–Trinajstić information content (AvgIpc) is 3.87. The average molecular weight is 664 g/mol. The summed E-state index contributed by atoms with van der Waals surface area (Å²) < 4.78 is 28.3. The zero-order valence-electron chi connectivity index (χ0n) is 27.3. The van der Waals surface area contributed by atoms with Crippen LogP contribution in [0.4, 0.5) is 14.5 Å². The summed E-state index contributed by atoms with van der Waals surface area (Å²) in [6.45, 7) is 2.19. The lowest BCUT2D eigenvalue weighted by Gasteiger charge is -2.26. The summed E-state index contributed by atoms with van der Waals surface area (Å²) in [6, 6.07) is 18.4. The molecule has 1 aromatic heterocycles. The summed E-state index contributed by atoms with van der Waals surface area (Å²) in [5.41, 5.74) is 6.98. The van der Waals surface area contributed by atoms with E-state index in [1.807, 2.05) is 6.92 Å². The van der Waals surface area contributed by atoms with E-state index in [0.29, 0.717) is 16.8 Å². The molecule has 8 nitrogen and oxygen atoms in total. The number of aryl methyl sites for hydroxylation is 1. The van der Waals surface area contributed by atoms with Crippen molar-refractivity contribution in [2.75, 3.05) is 25.0 Å². The number of carbonyl (C=O) groups excluding carboxylic acids is 3. The maximum atomic E-state index is 14.7. The van der Waals surface area contributed by atoms with Crippen molar-refractivity contribution in [1.29, 1.82) is 0 Å². The summed E-state index contributed by atoms with van der Waals surface area (Å²) in [5.74, 6) is -1.46. The summed E-state index contributed by atoms with van der Waals surface area (Å²) in [5, 5.41) is 9.63. The van der Waals surface area contributed by atoms with Crippen molar-refractivity contribution in [2.24, 2.45) is 5.92 Å². The number of hydrogen-bond donors (Lipinski definition) is 3. The van der Waals surface area contributed by atoms with E-state index in [1.54, 1.807) is 6.07 Å². The molecule has 0 spiro atoms. The molecule has 7 rings (SSSR count). The number of nitrogens with zero attached hydrogens (tertiary/aromatic N) is 2. The van der Waals surface area contributed by atoms with Crippen LogP contribution in [0.5, 0.6) is 0 Å². The van der Waals surface area contributed by atoms with Gasteiger partial charge in [0.2, 0.25) is 11.8 Å². The highest BCUT2D eigenvalue weighted by Crippen LogP contribution is 2.34. The Morgan fingerprint density at radius 1 is 1.04 bits per heavy atom. The number of likely N-dealkylation sites (tertiary alicyclic amines) is 1. The summed E-state index contributed by atoms with van der Waals surface area (Å²) >= 11 is 0. The maximum Gasteiger partial charge on any atom is 0.270 e. The van der Waals surface area contributed by atoms with Crippen LogP contribution >= 0.6 is 0 Å². The molecule has 3 N–H and O–H groups in total. The summed E-state index contributed by atoms with van der Waals surface area (Å²) in [4.78, 5) is 45.2. The van der Waals surface area contributed by atoms with E-state index in [0.717, 1.165) is 47.3 Å². The molecule has 2 fully saturated rings. The molecule has 3 aromatic carbocycles. The van der Waals surface area contributed by atoms with Crippen molar-refractivity contribution in [3.05, 3.63) is 101 Å². The van der Waals surface area contributed by atoms with E-state index in [2.05, 4.69) is 69.5 Å². The zero-order valence-corrected chi connectivity index (χ0v) is 27.3. The Morgan fingerprint density at radius 3 is 2.69 bits per heavy atom. The third-order valence-electron chi connectivity index (χ3n) is 9.62. The van der Waals surface area contributed by atoms with Gasteiger partial charge in [-0.25, -0.2) is 13.8 Å². The van der Waals surface area contributed by atoms with Crippen molar-refractivity contribution in [2.45, 2.75) is 57.3 Å². The number of nitrogens with one attached hydrogen (secondary N) is 3. The van der Waals surface area contributed by atoms with Crippen LogP contribution in [0.3, 0.4) is 0 Å². The van der Waals surface area contributed by atoms with Crippen LogP contribution in [0.1, 0.15) is 65.8 Å². The lowest BCUT2D eigenvalue weighted by atomic mass is 9.93. The fraction of sp³-hybridized carbons (Fsp3) is 0.333. The Kier molecular flexibility index (Phi) is 9.12. The fourth-order valence-corrected chi connectivity index (χ4v) is 6.72. The Hall–Kier alpha value is -5.12. The molecule has 49 heavy (non-hydrogen) atoms. The predicted octanol–water partition coefficient (Wildman–Crippen LogP) is 6.37. The number of hydrogen-bond acceptors (Lipinski definition) is 5. The minimum atomic E-state index is -1.37. The van der Waals surface area contributed by atoms with Crippen LogP contribution < -0.4 is 16.0 Å². The van der Waals surface area contributed by atoms with E-state index in [-0.39, 0.29) is 18.7 Å². The molecular formula is C39H39F2N5O3. The topological polar surface area (TPSA) is 103 Å². The summed E-state index contributed by atoms with van der Waals surface area (Å²) in [7, 11) is 0. The third kappa shape index (κ3) is 7.33. The monoisotopic (exact) mass is 663 g/mol. The normalized spacial score (nSPS) is 19.4. The molecule has 3 heterocycles. The van der Waals surface area contributed by atoms with Gasteiger partial charge in [-0.2, -0.15) is 0 Å². The molecular weight excluding hydrogens is 624 g/mol. The van der Waals surface area contributed by atoms with Gasteiger partial charge in [0.25, 0.3) is 5.91 Å². The second kappa shape index (κ2) is 13.8. The van der Waals surface area contributed by atoms with Crippen molar-refractivity contribution < 1.29 is 23.2 Å². The number of benzene rings is 3. The van der Waals surface area contributed by atoms with Gasteiger partial charge in [-0.15, -0.1) is 0 Å². The molecule has 4 aromatic rings. The van der Waals surface area contributed by atoms with E-state index in [1.165, 1.54) is 47.6 Å². The van der Waals surface area contributed by atoms with Gasteiger partial charge in [-0.05, 0) is 103 Å². The Bertz CT molecular complexity index is 1960. The number of aromatic nitrogens is 1. The van der Waals surface area contributed by atoms with Gasteiger partial charge in [0.15, 0.2) is 0 Å². The quantitative estimate of drug-likeness (QED) is 0.193. The number of halogens is 2. The van der Waals surface area contributed by atoms with Gasteiger partial charge in [0.1, 0.15) is 23.7 Å². The van der Waals surface area contributed by atoms with Gasteiger partial charge < -0.3 is 20.9 Å². The van der Waals surface area contributed by atoms with E-state index in [4.69, 9.17) is 0 Å². The first kappa shape index (κ1) is 32.4. The van der Waals surface area contributed by atoms with Gasteiger partial charge in [0, 0.05) is 24.0 Å². The minimum absolute atomic E-state index is 0.0558. The third-order valence-corrected chi connectivity index (χ3v) is 9.62. The molecule has 1 saturated heterocycles. The lowest BCUT2D eigenvalue weighted by Crippen LogP contribution is -2.49. The SMILES string of the molecule is C[C@H](NC(=O)[C@@H]1C[C@@H](F)CN1C(=O)CNC(=O)c1ccc2cc(F)ccc2n1)c1cc(-c2ccc3c(c2)NCCC3)ccc1/C=C/C1CC1. The van der Waals surface area contributed by atoms with Crippen LogP contribution in [0.25, 0.3) is 28.1 Å². The molecule has 1 saturated carbocycles. The van der Waals surface area contributed by atoms with Gasteiger partial charge >= 0.3 is 0 Å². The zero-order chi connectivity index (χ0) is 34.1. The number of alkyl halides is 1. The molecule has 10 heteroatoms. The number of rotatable bonds is 9. The van der Waals surface area contributed by atoms with Crippen LogP contribution in [0, 0.1) is 11.7 Å². The summed E-state index contributed by atoms with van der Waals surface area (Å²) in [6.07, 6.45) is 7.35. The molecule has 0 bridgehead atoms. The predicted molar refractivity (Wildman–Crippen MR) is 186 cm³/mol. The van der Waals surface area contributed by atoms with Crippen LogP contribution in [-0.2, 0) is 16.0 Å². The van der Waals surface area contributed by atoms with E-state index < -0.39 is 48.3 Å². The largest absolute Gasteiger partial charge is 0.385 e. The molecule has 3 amide bonds. The first-order valence-electron chi connectivity index (χ1n) is 17.0. The lowest BCUT2D eigenvalue weighted by molar-refractivity contribution is -0.138. The Morgan fingerprint density at radius 2 is 1.86 bits per heavy atom. The molecule has 2 aliphatic heterocycles. The number of amides is 3. The highest BCUT2D eigenvalue weighted by atomic mass is 19.1. The number of allylic oxidation sites excluding steroid dienone is 1. The number of pyridine rings is 1. The second-order valence-corrected chi connectivity index (χ2v) is 13.3. The van der Waals surface area contributed by atoms with Gasteiger partial charge in [-0.1, -0.05) is 42.5 Å². The second-order valence-electron chi connectivity index (χ2n) is 13.3. The molecule has 3 aliphatic rings. The standard InChI is InChI=1S/C39H39F2N5O3/c1-23(32-18-27(10-8-25(32)7-6-24-4-5-24)28-11-9-26-3-2-16-42-35(26)19-28)44-39(49)36-20-31(41)22-46(36)37(47)21-43-38(48)34-14-12-29-17-30(40)13-15-33(29)45-34/h6-15,17-19,23-24,31,36,42H,2-5,16,20-22H2,1H3,(H,43,48)(H,44,49)/b7-6+/t23-,31+,36-/m0/s1. The van der Waals surface area contributed by atoms with Crippen molar-refractivity contribution in [3.8, 4) is 11.1 Å².